The zero-order valence-electron chi connectivity index (χ0n) is 5.59. The van der Waals surface area contributed by atoms with Crippen LogP contribution in [0, 0.1) is 0 Å². The maximum Gasteiger partial charge on any atom is 1.00 e. The van der Waals surface area contributed by atoms with Crippen LogP contribution < -0.4 is 34.5 Å². The third-order valence-electron chi connectivity index (χ3n) is 0.646. The van der Waals surface area contributed by atoms with Crippen LogP contribution in [0.25, 0.3) is 0 Å². The summed E-state index contributed by atoms with van der Waals surface area (Å²) in [4.78, 5) is 19.9. The first-order valence-electron chi connectivity index (χ1n) is 2.24. The van der Waals surface area contributed by atoms with E-state index in [0.717, 1.165) is 0 Å². The van der Waals surface area contributed by atoms with Crippen molar-refractivity contribution < 1.29 is 43.8 Å². The first kappa shape index (κ1) is 12.4. The van der Waals surface area contributed by atoms with Crippen molar-refractivity contribution in [3.05, 3.63) is 0 Å². The molecule has 0 aliphatic rings. The average Bonchev–Trinajstić information content (AvgIpc) is 1.61. The minimum Gasteiger partial charge on any atom is -0.596 e. The average molecular weight is 157 g/mol. The van der Waals surface area contributed by atoms with Crippen molar-refractivity contribution in [1.82, 2.24) is 0 Å². The van der Waals surface area contributed by atoms with Gasteiger partial charge in [-0.15, -0.1) is 0 Å². The SMILES string of the molecule is CC(=O)CC[P+](=O)[O-].[Na+]. The predicted octanol–water partition coefficient (Wildman–Crippen LogP) is -2.93. The summed E-state index contributed by atoms with van der Waals surface area (Å²) >= 11 is 0. The molecule has 0 fully saturated rings. The van der Waals surface area contributed by atoms with Gasteiger partial charge in [0.15, 0.2) is 0 Å². The fourth-order valence-electron chi connectivity index (χ4n) is 0.249. The summed E-state index contributed by atoms with van der Waals surface area (Å²) in [5, 5.41) is 0. The third-order valence-corrected chi connectivity index (χ3v) is 1.24. The molecule has 0 aromatic carbocycles. The van der Waals surface area contributed by atoms with E-state index >= 15 is 0 Å². The Bertz CT molecular complexity index is 100. The smallest absolute Gasteiger partial charge is 0.596 e. The molecule has 0 radical (unpaired) electrons. The Morgan fingerprint density at radius 3 is 2.22 bits per heavy atom. The van der Waals surface area contributed by atoms with Crippen LogP contribution in [-0.4, -0.2) is 11.9 Å². The minimum atomic E-state index is -2.35. The molecule has 0 saturated heterocycles. The van der Waals surface area contributed by atoms with Gasteiger partial charge in [0.25, 0.3) is 0 Å². The molecule has 0 aromatic heterocycles. The van der Waals surface area contributed by atoms with Crippen LogP contribution in [0.5, 0.6) is 0 Å². The second kappa shape index (κ2) is 6.84. The monoisotopic (exact) mass is 157 g/mol. The van der Waals surface area contributed by atoms with E-state index in [9.17, 15) is 14.3 Å². The van der Waals surface area contributed by atoms with Gasteiger partial charge in [-0.1, -0.05) is 4.57 Å². The quantitative estimate of drug-likeness (QED) is 0.325. The van der Waals surface area contributed by atoms with Crippen molar-refractivity contribution in [1.29, 1.82) is 0 Å². The number of rotatable bonds is 3. The fourth-order valence-corrected chi connectivity index (χ4v) is 0.746. The molecule has 1 atom stereocenters. The summed E-state index contributed by atoms with van der Waals surface area (Å²) in [5.74, 6) is -0.0794. The van der Waals surface area contributed by atoms with Crippen LogP contribution in [0.1, 0.15) is 13.3 Å². The Labute approximate surface area is 77.0 Å². The maximum absolute atomic E-state index is 10.1. The summed E-state index contributed by atoms with van der Waals surface area (Å²) < 4.78 is 9.79. The van der Waals surface area contributed by atoms with E-state index in [1.807, 2.05) is 0 Å². The molecule has 0 saturated carbocycles. The van der Waals surface area contributed by atoms with Crippen molar-refractivity contribution in [2.24, 2.45) is 0 Å². The Hall–Kier alpha value is 0.730. The van der Waals surface area contributed by atoms with Gasteiger partial charge in [0.2, 0.25) is 0 Å². The van der Waals surface area contributed by atoms with Crippen molar-refractivity contribution in [3.63, 3.8) is 0 Å². The van der Waals surface area contributed by atoms with E-state index < -0.39 is 8.03 Å². The molecule has 0 aromatic rings. The van der Waals surface area contributed by atoms with Gasteiger partial charge in [-0.3, -0.25) is 4.79 Å². The third kappa shape index (κ3) is 12.0. The Kier molecular flexibility index (Phi) is 9.44. The number of carbonyl (C=O) groups is 1. The standard InChI is InChI=1S/C4H7O3P.Na/c1-4(5)2-3-8(6)7;/h2-3H2,1H3;/q;+1. The number of carbonyl (C=O) groups excluding carboxylic acids is 1. The zero-order chi connectivity index (χ0) is 6.57. The van der Waals surface area contributed by atoms with Gasteiger partial charge in [0.1, 0.15) is 11.9 Å². The van der Waals surface area contributed by atoms with E-state index in [0.29, 0.717) is 0 Å². The molecule has 1 unspecified atom stereocenters. The van der Waals surface area contributed by atoms with Crippen molar-refractivity contribution >= 4 is 13.8 Å². The van der Waals surface area contributed by atoms with Crippen LogP contribution >= 0.6 is 8.03 Å². The molecule has 0 aliphatic carbocycles. The molecule has 0 amide bonds. The molecule has 0 rings (SSSR count). The van der Waals surface area contributed by atoms with Gasteiger partial charge in [0.05, 0.1) is 0 Å². The molecular formula is C4H7NaO3P+. The van der Waals surface area contributed by atoms with Gasteiger partial charge < -0.3 is 4.89 Å². The minimum absolute atomic E-state index is 0. The molecule has 0 bridgehead atoms. The van der Waals surface area contributed by atoms with Crippen LogP contribution in [0.2, 0.25) is 0 Å². The number of hydrogen-bond acceptors (Lipinski definition) is 3. The predicted molar refractivity (Wildman–Crippen MR) is 27.8 cm³/mol. The fraction of sp³-hybridized carbons (Fsp3) is 0.750. The molecule has 3 nitrogen and oxygen atoms in total. The molecule has 9 heavy (non-hydrogen) atoms. The molecular weight excluding hydrogens is 150 g/mol. The normalized spacial score (nSPS) is 9.78. The second-order valence-electron chi connectivity index (χ2n) is 1.51. The summed E-state index contributed by atoms with van der Waals surface area (Å²) in [7, 11) is -2.35. The summed E-state index contributed by atoms with van der Waals surface area (Å²) in [5.41, 5.74) is 0. The van der Waals surface area contributed by atoms with Crippen molar-refractivity contribution in [2.45, 2.75) is 13.3 Å². The van der Waals surface area contributed by atoms with E-state index in [-0.39, 0.29) is 47.9 Å². The van der Waals surface area contributed by atoms with Gasteiger partial charge in [-0.25, -0.2) is 0 Å². The van der Waals surface area contributed by atoms with E-state index in [1.54, 1.807) is 0 Å². The van der Waals surface area contributed by atoms with Gasteiger partial charge in [0, 0.05) is 6.42 Å². The van der Waals surface area contributed by atoms with Gasteiger partial charge in [-0.05, 0) is 6.92 Å². The van der Waals surface area contributed by atoms with Crippen LogP contribution in [0.3, 0.4) is 0 Å². The molecule has 0 N–H and O–H groups in total. The van der Waals surface area contributed by atoms with Crippen LogP contribution in [0.15, 0.2) is 0 Å². The topological polar surface area (TPSA) is 57.2 Å². The van der Waals surface area contributed by atoms with E-state index in [4.69, 9.17) is 0 Å². The first-order valence-corrected chi connectivity index (χ1v) is 3.60. The molecule has 46 valence electrons. The van der Waals surface area contributed by atoms with Crippen molar-refractivity contribution in [2.75, 3.05) is 6.16 Å². The number of ketones is 1. The Balaban J connectivity index is 0. The summed E-state index contributed by atoms with van der Waals surface area (Å²) in [6, 6.07) is 0. The molecule has 5 heteroatoms. The first-order chi connectivity index (χ1) is 3.63. The second-order valence-corrected chi connectivity index (χ2v) is 2.62. The van der Waals surface area contributed by atoms with E-state index in [1.165, 1.54) is 6.92 Å². The maximum atomic E-state index is 10.1. The Morgan fingerprint density at radius 2 is 2.11 bits per heavy atom. The van der Waals surface area contributed by atoms with Crippen LogP contribution in [-0.2, 0) is 9.36 Å². The zero-order valence-corrected chi connectivity index (χ0v) is 8.48. The largest absolute Gasteiger partial charge is 1.00 e. The summed E-state index contributed by atoms with van der Waals surface area (Å²) in [6.45, 7) is 1.37. The number of hydrogen-bond donors (Lipinski definition) is 0. The Morgan fingerprint density at radius 1 is 1.67 bits per heavy atom. The van der Waals surface area contributed by atoms with Crippen LogP contribution in [0.4, 0.5) is 0 Å². The van der Waals surface area contributed by atoms with E-state index in [2.05, 4.69) is 0 Å². The van der Waals surface area contributed by atoms with Crippen molar-refractivity contribution in [3.8, 4) is 0 Å². The van der Waals surface area contributed by atoms with Gasteiger partial charge >= 0.3 is 37.6 Å². The molecule has 0 aliphatic heterocycles. The number of Topliss-reactive ketones (excluding diaryl/α,β-unsaturated/α-hetero) is 1. The van der Waals surface area contributed by atoms with Gasteiger partial charge in [-0.2, -0.15) is 0 Å². The molecule has 0 spiro atoms. The molecule has 0 heterocycles. The summed E-state index contributed by atoms with van der Waals surface area (Å²) in [6.07, 6.45) is 0.142.